The van der Waals surface area contributed by atoms with E-state index in [0.717, 1.165) is 29.9 Å². The molecule has 0 heterocycles. The number of carbonyl (C=O) groups excluding carboxylic acids is 1. The number of benzene rings is 1. The second-order valence-electron chi connectivity index (χ2n) is 4.62. The molecule has 1 amide bonds. The fourth-order valence-corrected chi connectivity index (χ4v) is 1.77. The molecule has 0 bridgehead atoms. The lowest BCUT2D eigenvalue weighted by molar-refractivity contribution is -0.121. The maximum absolute atomic E-state index is 11.2. The van der Waals surface area contributed by atoms with Crippen molar-refractivity contribution in [2.45, 2.75) is 32.2 Å². The van der Waals surface area contributed by atoms with Crippen LogP contribution in [0.2, 0.25) is 0 Å². The summed E-state index contributed by atoms with van der Waals surface area (Å²) in [6.45, 7) is 2.39. The molecular weight excluding hydrogens is 256 g/mol. The molecule has 1 rings (SSSR count). The number of ether oxygens (including phenoxy) is 2. The lowest BCUT2D eigenvalue weighted by atomic mass is 10.0. The average molecular weight is 280 g/mol. The molecule has 1 aromatic rings. The molecule has 112 valence electrons. The van der Waals surface area contributed by atoms with Crippen LogP contribution in [0.1, 0.15) is 25.3 Å². The number of nitrogens with one attached hydrogen (secondary N) is 1. The molecule has 5 nitrogen and oxygen atoms in total. The van der Waals surface area contributed by atoms with E-state index >= 15 is 0 Å². The second-order valence-corrected chi connectivity index (χ2v) is 4.62. The SMILES string of the molecule is CCC(N)Cc1ccc(OC)cc1OCCC(=O)NC. The van der Waals surface area contributed by atoms with Crippen molar-refractivity contribution < 1.29 is 14.3 Å². The third-order valence-electron chi connectivity index (χ3n) is 3.15. The van der Waals surface area contributed by atoms with Crippen LogP contribution in [0.15, 0.2) is 18.2 Å². The molecule has 20 heavy (non-hydrogen) atoms. The van der Waals surface area contributed by atoms with Gasteiger partial charge in [0.2, 0.25) is 5.91 Å². The number of hydrogen-bond donors (Lipinski definition) is 2. The highest BCUT2D eigenvalue weighted by Gasteiger charge is 2.10. The van der Waals surface area contributed by atoms with E-state index in [2.05, 4.69) is 12.2 Å². The predicted molar refractivity (Wildman–Crippen MR) is 79.1 cm³/mol. The first-order chi connectivity index (χ1) is 9.60. The Balaban J connectivity index is 2.75. The van der Waals surface area contributed by atoms with Gasteiger partial charge in [0, 0.05) is 19.2 Å². The van der Waals surface area contributed by atoms with Gasteiger partial charge in [0.25, 0.3) is 0 Å². The first-order valence-electron chi connectivity index (χ1n) is 6.86. The van der Waals surface area contributed by atoms with Gasteiger partial charge in [-0.3, -0.25) is 4.79 Å². The summed E-state index contributed by atoms with van der Waals surface area (Å²) in [5.41, 5.74) is 7.03. The fourth-order valence-electron chi connectivity index (χ4n) is 1.77. The topological polar surface area (TPSA) is 73.6 Å². The van der Waals surface area contributed by atoms with Crippen molar-refractivity contribution in [3.63, 3.8) is 0 Å². The van der Waals surface area contributed by atoms with E-state index in [0.29, 0.717) is 13.0 Å². The Labute approximate surface area is 120 Å². The molecule has 0 radical (unpaired) electrons. The van der Waals surface area contributed by atoms with Gasteiger partial charge in [0.15, 0.2) is 0 Å². The Morgan fingerprint density at radius 3 is 2.80 bits per heavy atom. The lowest BCUT2D eigenvalue weighted by Gasteiger charge is -2.15. The summed E-state index contributed by atoms with van der Waals surface area (Å²) >= 11 is 0. The minimum Gasteiger partial charge on any atom is -0.497 e. The number of carbonyl (C=O) groups is 1. The van der Waals surface area contributed by atoms with Gasteiger partial charge in [0.05, 0.1) is 20.1 Å². The maximum atomic E-state index is 11.2. The van der Waals surface area contributed by atoms with Crippen molar-refractivity contribution in [1.82, 2.24) is 5.32 Å². The highest BCUT2D eigenvalue weighted by atomic mass is 16.5. The van der Waals surface area contributed by atoms with E-state index in [1.54, 1.807) is 14.2 Å². The largest absolute Gasteiger partial charge is 0.497 e. The summed E-state index contributed by atoms with van der Waals surface area (Å²) in [7, 11) is 3.22. The van der Waals surface area contributed by atoms with E-state index < -0.39 is 0 Å². The molecule has 0 aliphatic rings. The van der Waals surface area contributed by atoms with Crippen LogP contribution in [0.25, 0.3) is 0 Å². The van der Waals surface area contributed by atoms with E-state index in [9.17, 15) is 4.79 Å². The van der Waals surface area contributed by atoms with Crippen molar-refractivity contribution >= 4 is 5.91 Å². The molecule has 1 unspecified atom stereocenters. The smallest absolute Gasteiger partial charge is 0.223 e. The molecular formula is C15H24N2O3. The molecule has 0 aliphatic heterocycles. The van der Waals surface area contributed by atoms with Gasteiger partial charge >= 0.3 is 0 Å². The molecule has 1 aromatic carbocycles. The number of methoxy groups -OCH3 is 1. The summed E-state index contributed by atoms with van der Waals surface area (Å²) in [4.78, 5) is 11.2. The van der Waals surface area contributed by atoms with Crippen LogP contribution in [-0.4, -0.2) is 32.7 Å². The Bertz CT molecular complexity index is 435. The standard InChI is InChI=1S/C15H24N2O3/c1-4-12(16)9-11-5-6-13(19-3)10-14(11)20-8-7-15(18)17-2/h5-6,10,12H,4,7-9,16H2,1-3H3,(H,17,18). The number of rotatable bonds is 8. The minimum absolute atomic E-state index is 0.0419. The summed E-state index contributed by atoms with van der Waals surface area (Å²) in [5, 5.41) is 2.57. The third-order valence-corrected chi connectivity index (χ3v) is 3.15. The molecule has 1 atom stereocenters. The van der Waals surface area contributed by atoms with Gasteiger partial charge in [-0.1, -0.05) is 13.0 Å². The second kappa shape index (κ2) is 8.43. The summed E-state index contributed by atoms with van der Waals surface area (Å²) in [6, 6.07) is 5.79. The first-order valence-corrected chi connectivity index (χ1v) is 6.86. The third kappa shape index (κ3) is 5.09. The van der Waals surface area contributed by atoms with Gasteiger partial charge in [-0.05, 0) is 24.5 Å². The van der Waals surface area contributed by atoms with Crippen molar-refractivity contribution in [3.05, 3.63) is 23.8 Å². The maximum Gasteiger partial charge on any atom is 0.223 e. The van der Waals surface area contributed by atoms with Crippen molar-refractivity contribution in [2.75, 3.05) is 20.8 Å². The Hall–Kier alpha value is -1.75. The van der Waals surface area contributed by atoms with Crippen LogP contribution >= 0.6 is 0 Å². The number of amides is 1. The van der Waals surface area contributed by atoms with Crippen LogP contribution in [0.5, 0.6) is 11.5 Å². The molecule has 0 spiro atoms. The molecule has 0 fully saturated rings. The van der Waals surface area contributed by atoms with E-state index in [4.69, 9.17) is 15.2 Å². The fraction of sp³-hybridized carbons (Fsp3) is 0.533. The van der Waals surface area contributed by atoms with Crippen molar-refractivity contribution in [3.8, 4) is 11.5 Å². The molecule has 0 saturated carbocycles. The molecule has 5 heteroatoms. The highest BCUT2D eigenvalue weighted by Crippen LogP contribution is 2.26. The van der Waals surface area contributed by atoms with Crippen LogP contribution in [0.3, 0.4) is 0 Å². The van der Waals surface area contributed by atoms with Crippen molar-refractivity contribution in [2.24, 2.45) is 5.73 Å². The number of nitrogens with two attached hydrogens (primary N) is 1. The highest BCUT2D eigenvalue weighted by molar-refractivity contribution is 5.75. The Kier molecular flexibility index (Phi) is 6.87. The normalized spacial score (nSPS) is 11.8. The number of hydrogen-bond acceptors (Lipinski definition) is 4. The average Bonchev–Trinajstić information content (AvgIpc) is 2.48. The molecule has 0 aromatic heterocycles. The van der Waals surface area contributed by atoms with Crippen LogP contribution in [-0.2, 0) is 11.2 Å². The summed E-state index contributed by atoms with van der Waals surface area (Å²) in [5.74, 6) is 1.42. The Morgan fingerprint density at radius 1 is 1.45 bits per heavy atom. The quantitative estimate of drug-likeness (QED) is 0.756. The zero-order valence-corrected chi connectivity index (χ0v) is 12.4. The van der Waals surface area contributed by atoms with E-state index in [1.807, 2.05) is 18.2 Å². The minimum atomic E-state index is -0.0419. The van der Waals surface area contributed by atoms with Crippen LogP contribution < -0.4 is 20.5 Å². The Morgan fingerprint density at radius 2 is 2.20 bits per heavy atom. The monoisotopic (exact) mass is 280 g/mol. The molecule has 0 aliphatic carbocycles. The molecule has 3 N–H and O–H groups in total. The van der Waals surface area contributed by atoms with Crippen molar-refractivity contribution in [1.29, 1.82) is 0 Å². The predicted octanol–water partition coefficient (Wildman–Crippen LogP) is 1.49. The summed E-state index contributed by atoms with van der Waals surface area (Å²) < 4.78 is 10.9. The van der Waals surface area contributed by atoms with E-state index in [1.165, 1.54) is 0 Å². The van der Waals surface area contributed by atoms with Gasteiger partial charge in [-0.25, -0.2) is 0 Å². The van der Waals surface area contributed by atoms with Gasteiger partial charge in [-0.15, -0.1) is 0 Å². The molecule has 0 saturated heterocycles. The zero-order chi connectivity index (χ0) is 15.0. The first kappa shape index (κ1) is 16.3. The summed E-state index contributed by atoms with van der Waals surface area (Å²) in [6.07, 6.45) is 1.98. The van der Waals surface area contributed by atoms with Crippen LogP contribution in [0, 0.1) is 0 Å². The van der Waals surface area contributed by atoms with Gasteiger partial charge in [-0.2, -0.15) is 0 Å². The lowest BCUT2D eigenvalue weighted by Crippen LogP contribution is -2.22. The zero-order valence-electron chi connectivity index (χ0n) is 12.4. The van der Waals surface area contributed by atoms with E-state index in [-0.39, 0.29) is 11.9 Å². The van der Waals surface area contributed by atoms with Gasteiger partial charge < -0.3 is 20.5 Å². The van der Waals surface area contributed by atoms with Gasteiger partial charge in [0.1, 0.15) is 11.5 Å². The van der Waals surface area contributed by atoms with Crippen LogP contribution in [0.4, 0.5) is 0 Å².